The highest BCUT2D eigenvalue weighted by Gasteiger charge is 2.45. The fraction of sp³-hybridized carbons (Fsp3) is 0.364. The molecule has 168 valence electrons. The summed E-state index contributed by atoms with van der Waals surface area (Å²) in [5.74, 6) is -0.0680. The molecule has 0 bridgehead atoms. The molecular formula is C22H25N5O4S. The number of carbonyl (C=O) groups is 1. The number of hydrogen-bond donors (Lipinski definition) is 3. The number of nitrogens with one attached hydrogen (secondary N) is 3. The number of oxazole rings is 1. The van der Waals surface area contributed by atoms with E-state index >= 15 is 0 Å². The number of pyridine rings is 1. The summed E-state index contributed by atoms with van der Waals surface area (Å²) in [6.07, 6.45) is 1.40. The first-order valence-electron chi connectivity index (χ1n) is 10.2. The number of fused-ring (bicyclic) bond motifs is 1. The molecule has 3 N–H and O–H groups in total. The fourth-order valence-corrected chi connectivity index (χ4v) is 5.95. The third kappa shape index (κ3) is 4.22. The highest BCUT2D eigenvalue weighted by molar-refractivity contribution is 7.93. The molecule has 0 unspecified atom stereocenters. The van der Waals surface area contributed by atoms with Crippen LogP contribution in [-0.4, -0.2) is 53.1 Å². The number of para-hydroxylation sites is 1. The van der Waals surface area contributed by atoms with Gasteiger partial charge in [0, 0.05) is 24.7 Å². The predicted octanol–water partition coefficient (Wildman–Crippen LogP) is 2.68. The summed E-state index contributed by atoms with van der Waals surface area (Å²) in [4.78, 5) is 21.6. The lowest BCUT2D eigenvalue weighted by atomic mass is 10.0. The minimum atomic E-state index is -3.09. The Morgan fingerprint density at radius 2 is 2.00 bits per heavy atom. The number of hydrogen-bond acceptors (Lipinski definition) is 8. The number of carbonyl (C=O) groups excluding carboxylic acids is 1. The molecule has 1 fully saturated rings. The number of anilines is 1. The number of aryl methyl sites for hydroxylation is 1. The van der Waals surface area contributed by atoms with Gasteiger partial charge in [-0.3, -0.25) is 15.2 Å². The number of rotatable bonds is 6. The molecule has 3 heterocycles. The second kappa shape index (κ2) is 7.70. The van der Waals surface area contributed by atoms with Gasteiger partial charge in [0.15, 0.2) is 21.3 Å². The monoisotopic (exact) mass is 455 g/mol. The molecule has 3 aromatic rings. The van der Waals surface area contributed by atoms with E-state index in [1.165, 1.54) is 6.20 Å². The number of aromatic nitrogens is 2. The van der Waals surface area contributed by atoms with Crippen molar-refractivity contribution < 1.29 is 17.6 Å². The van der Waals surface area contributed by atoms with Crippen molar-refractivity contribution in [1.29, 1.82) is 5.41 Å². The van der Waals surface area contributed by atoms with E-state index < -0.39 is 21.3 Å². The lowest BCUT2D eigenvalue weighted by molar-refractivity contribution is 0.0916. The van der Waals surface area contributed by atoms with Crippen molar-refractivity contribution >= 4 is 38.2 Å². The van der Waals surface area contributed by atoms with E-state index in [9.17, 15) is 13.2 Å². The van der Waals surface area contributed by atoms with E-state index in [0.29, 0.717) is 33.9 Å². The molecule has 0 atom stereocenters. The smallest absolute Gasteiger partial charge is 0.253 e. The van der Waals surface area contributed by atoms with E-state index in [-0.39, 0.29) is 28.8 Å². The van der Waals surface area contributed by atoms with Gasteiger partial charge in [-0.15, -0.1) is 0 Å². The standard InChI is InChI=1S/C22H25N5O4S/c1-12(2)25-16-8-14(21(28)27-22(4)10-32(29,30)11-22)9-24-20(16)18(23)15-6-5-7-17-19(15)26-13(3)31-17/h5-9,12,23,25H,10-11H2,1-4H3,(H,27,28). The maximum Gasteiger partial charge on any atom is 0.253 e. The van der Waals surface area contributed by atoms with Crippen molar-refractivity contribution in [3.8, 4) is 0 Å². The molecular weight excluding hydrogens is 430 g/mol. The van der Waals surface area contributed by atoms with Crippen LogP contribution in [0.5, 0.6) is 0 Å². The molecule has 0 aliphatic carbocycles. The van der Waals surface area contributed by atoms with Crippen LogP contribution < -0.4 is 10.6 Å². The van der Waals surface area contributed by atoms with Crippen LogP contribution in [0.15, 0.2) is 34.9 Å². The van der Waals surface area contributed by atoms with Gasteiger partial charge in [0.25, 0.3) is 5.91 Å². The summed E-state index contributed by atoms with van der Waals surface area (Å²) >= 11 is 0. The topological polar surface area (TPSA) is 138 Å². The highest BCUT2D eigenvalue weighted by Crippen LogP contribution is 2.27. The second-order valence-electron chi connectivity index (χ2n) is 8.73. The number of sulfone groups is 1. The molecule has 1 amide bonds. The average molecular weight is 456 g/mol. The maximum atomic E-state index is 12.8. The molecule has 0 saturated carbocycles. The first-order valence-corrected chi connectivity index (χ1v) is 12.0. The third-order valence-corrected chi connectivity index (χ3v) is 7.27. The zero-order chi connectivity index (χ0) is 23.3. The molecule has 4 rings (SSSR count). The van der Waals surface area contributed by atoms with E-state index in [1.807, 2.05) is 13.8 Å². The third-order valence-electron chi connectivity index (χ3n) is 5.12. The first-order chi connectivity index (χ1) is 15.0. The normalized spacial score (nSPS) is 16.5. The van der Waals surface area contributed by atoms with Crippen LogP contribution >= 0.6 is 0 Å². The molecule has 10 heteroatoms. The fourth-order valence-electron chi connectivity index (χ4n) is 3.94. The molecule has 1 saturated heterocycles. The quantitative estimate of drug-likeness (QED) is 0.486. The number of amides is 1. The Morgan fingerprint density at radius 3 is 2.66 bits per heavy atom. The van der Waals surface area contributed by atoms with Crippen molar-refractivity contribution in [2.45, 2.75) is 39.3 Å². The van der Waals surface area contributed by atoms with Gasteiger partial charge in [0.1, 0.15) is 11.2 Å². The van der Waals surface area contributed by atoms with E-state index in [1.54, 1.807) is 38.1 Å². The van der Waals surface area contributed by atoms with Crippen LogP contribution in [0.1, 0.15) is 48.3 Å². The molecule has 0 radical (unpaired) electrons. The summed E-state index contributed by atoms with van der Waals surface area (Å²) in [5, 5.41) is 14.8. The minimum absolute atomic E-state index is 0.0287. The molecule has 1 aliphatic heterocycles. The van der Waals surface area contributed by atoms with Crippen LogP contribution in [0.2, 0.25) is 0 Å². The van der Waals surface area contributed by atoms with Crippen LogP contribution in [0.3, 0.4) is 0 Å². The van der Waals surface area contributed by atoms with Crippen LogP contribution in [0.4, 0.5) is 5.69 Å². The molecule has 9 nitrogen and oxygen atoms in total. The largest absolute Gasteiger partial charge is 0.441 e. The molecule has 0 spiro atoms. The highest BCUT2D eigenvalue weighted by atomic mass is 32.2. The number of nitrogens with zero attached hydrogens (tertiary/aromatic N) is 2. The molecule has 1 aliphatic rings. The number of benzene rings is 1. The van der Waals surface area contributed by atoms with Gasteiger partial charge < -0.3 is 15.1 Å². The summed E-state index contributed by atoms with van der Waals surface area (Å²) in [7, 11) is -3.09. The lowest BCUT2D eigenvalue weighted by Crippen LogP contribution is -2.63. The predicted molar refractivity (Wildman–Crippen MR) is 122 cm³/mol. The Labute approximate surface area is 186 Å². The van der Waals surface area contributed by atoms with Crippen molar-refractivity contribution in [3.63, 3.8) is 0 Å². The van der Waals surface area contributed by atoms with Crippen LogP contribution in [-0.2, 0) is 9.84 Å². The Kier molecular flexibility index (Phi) is 5.28. The SMILES string of the molecule is Cc1nc2c(C(=N)c3ncc(C(=O)NC4(C)CS(=O)(=O)C4)cc3NC(C)C)cccc2o1. The minimum Gasteiger partial charge on any atom is -0.441 e. The van der Waals surface area contributed by atoms with Crippen molar-refractivity contribution in [3.05, 3.63) is 53.2 Å². The van der Waals surface area contributed by atoms with E-state index in [2.05, 4.69) is 20.6 Å². The molecule has 2 aromatic heterocycles. The van der Waals surface area contributed by atoms with Gasteiger partial charge in [-0.2, -0.15) is 0 Å². The van der Waals surface area contributed by atoms with Crippen molar-refractivity contribution in [2.75, 3.05) is 16.8 Å². The summed E-state index contributed by atoms with van der Waals surface area (Å²) < 4.78 is 28.6. The van der Waals surface area contributed by atoms with Gasteiger partial charge in [-0.25, -0.2) is 13.4 Å². The van der Waals surface area contributed by atoms with Crippen LogP contribution in [0.25, 0.3) is 11.1 Å². The summed E-state index contributed by atoms with van der Waals surface area (Å²) in [6, 6.07) is 7.03. The Balaban J connectivity index is 1.68. The van der Waals surface area contributed by atoms with E-state index in [4.69, 9.17) is 9.83 Å². The van der Waals surface area contributed by atoms with Gasteiger partial charge in [0.2, 0.25) is 0 Å². The summed E-state index contributed by atoms with van der Waals surface area (Å²) in [6.45, 7) is 7.35. The Morgan fingerprint density at radius 1 is 1.28 bits per heavy atom. The van der Waals surface area contributed by atoms with Crippen molar-refractivity contribution in [1.82, 2.24) is 15.3 Å². The van der Waals surface area contributed by atoms with Gasteiger partial charge in [-0.05, 0) is 32.9 Å². The zero-order valence-electron chi connectivity index (χ0n) is 18.3. The van der Waals surface area contributed by atoms with Gasteiger partial charge in [-0.1, -0.05) is 12.1 Å². The zero-order valence-corrected chi connectivity index (χ0v) is 19.1. The Hall–Kier alpha value is -3.27. The average Bonchev–Trinajstić information content (AvgIpc) is 3.05. The first kappa shape index (κ1) is 21.9. The van der Waals surface area contributed by atoms with Gasteiger partial charge >= 0.3 is 0 Å². The van der Waals surface area contributed by atoms with Crippen molar-refractivity contribution in [2.24, 2.45) is 0 Å². The van der Waals surface area contributed by atoms with Gasteiger partial charge in [0.05, 0.1) is 34.0 Å². The van der Waals surface area contributed by atoms with E-state index in [0.717, 1.165) is 0 Å². The second-order valence-corrected chi connectivity index (χ2v) is 10.8. The lowest BCUT2D eigenvalue weighted by Gasteiger charge is -2.38. The molecule has 32 heavy (non-hydrogen) atoms. The van der Waals surface area contributed by atoms with Crippen LogP contribution in [0, 0.1) is 12.3 Å². The maximum absolute atomic E-state index is 12.8. The molecule has 1 aromatic carbocycles. The Bertz CT molecular complexity index is 1330. The summed E-state index contributed by atoms with van der Waals surface area (Å²) in [5.41, 5.74) is 2.29.